The third-order valence-electron chi connectivity index (χ3n) is 1.66. The molecule has 0 unspecified atom stereocenters. The molecule has 0 aromatic rings. The summed E-state index contributed by atoms with van der Waals surface area (Å²) in [7, 11) is 1.59. The Morgan fingerprint density at radius 3 is 2.90 bits per heavy atom. The maximum absolute atomic E-state index is 10.9. The fourth-order valence-electron chi connectivity index (χ4n) is 1.08. The summed E-state index contributed by atoms with van der Waals surface area (Å²) in [5.41, 5.74) is 0. The van der Waals surface area contributed by atoms with Crippen LogP contribution in [0, 0.1) is 0 Å². The first-order chi connectivity index (χ1) is 4.74. The third kappa shape index (κ3) is 1.39. The standard InChI is InChI=1S/C6H12N2O2/c1-7-6(10)8-3-2-5(9)4-8/h5,9H,2-4H2,1H3,(H,7,10)/t5-/m1/s1. The zero-order chi connectivity index (χ0) is 7.56. The van der Waals surface area contributed by atoms with Crippen LogP contribution in [-0.2, 0) is 0 Å². The summed E-state index contributed by atoms with van der Waals surface area (Å²) in [5.74, 6) is 0. The van der Waals surface area contributed by atoms with Gasteiger partial charge in [0.1, 0.15) is 0 Å². The first kappa shape index (κ1) is 7.34. The number of nitrogens with zero attached hydrogens (tertiary/aromatic N) is 1. The van der Waals surface area contributed by atoms with Crippen LogP contribution in [0.1, 0.15) is 6.42 Å². The molecule has 0 aromatic heterocycles. The molecule has 0 bridgehead atoms. The largest absolute Gasteiger partial charge is 0.391 e. The van der Waals surface area contributed by atoms with Gasteiger partial charge in [-0.15, -0.1) is 0 Å². The topological polar surface area (TPSA) is 52.6 Å². The number of rotatable bonds is 0. The first-order valence-electron chi connectivity index (χ1n) is 3.38. The number of aliphatic hydroxyl groups is 1. The van der Waals surface area contributed by atoms with E-state index in [1.807, 2.05) is 0 Å². The van der Waals surface area contributed by atoms with Gasteiger partial charge in [0.25, 0.3) is 0 Å². The van der Waals surface area contributed by atoms with E-state index in [2.05, 4.69) is 5.32 Å². The molecule has 2 amide bonds. The van der Waals surface area contributed by atoms with Crippen molar-refractivity contribution in [1.82, 2.24) is 10.2 Å². The smallest absolute Gasteiger partial charge is 0.317 e. The predicted octanol–water partition coefficient (Wildman–Crippen LogP) is -0.608. The summed E-state index contributed by atoms with van der Waals surface area (Å²) >= 11 is 0. The highest BCUT2D eigenvalue weighted by atomic mass is 16.3. The SMILES string of the molecule is CNC(=O)N1CC[C@@H](O)C1. The van der Waals surface area contributed by atoms with Crippen molar-refractivity contribution >= 4 is 6.03 Å². The Balaban J connectivity index is 2.37. The van der Waals surface area contributed by atoms with Gasteiger partial charge in [-0.2, -0.15) is 0 Å². The Labute approximate surface area is 59.8 Å². The summed E-state index contributed by atoms with van der Waals surface area (Å²) < 4.78 is 0. The highest BCUT2D eigenvalue weighted by molar-refractivity contribution is 5.74. The summed E-state index contributed by atoms with van der Waals surface area (Å²) in [6.07, 6.45) is 0.380. The Hall–Kier alpha value is -0.770. The molecule has 1 saturated heterocycles. The fraction of sp³-hybridized carbons (Fsp3) is 0.833. The monoisotopic (exact) mass is 144 g/mol. The van der Waals surface area contributed by atoms with E-state index in [1.54, 1.807) is 11.9 Å². The van der Waals surface area contributed by atoms with Crippen LogP contribution in [0.25, 0.3) is 0 Å². The van der Waals surface area contributed by atoms with E-state index in [9.17, 15) is 4.79 Å². The Morgan fingerprint density at radius 2 is 2.50 bits per heavy atom. The normalized spacial score (nSPS) is 25.0. The number of hydrogen-bond acceptors (Lipinski definition) is 2. The fourth-order valence-corrected chi connectivity index (χ4v) is 1.08. The molecule has 10 heavy (non-hydrogen) atoms. The lowest BCUT2D eigenvalue weighted by atomic mass is 10.3. The van der Waals surface area contributed by atoms with Crippen molar-refractivity contribution in [2.45, 2.75) is 12.5 Å². The number of carbonyl (C=O) groups is 1. The van der Waals surface area contributed by atoms with Crippen LogP contribution in [-0.4, -0.2) is 42.3 Å². The van der Waals surface area contributed by atoms with E-state index in [1.165, 1.54) is 0 Å². The van der Waals surface area contributed by atoms with Crippen molar-refractivity contribution < 1.29 is 9.90 Å². The van der Waals surface area contributed by atoms with Gasteiger partial charge in [-0.05, 0) is 6.42 Å². The molecule has 1 rings (SSSR count). The third-order valence-corrected chi connectivity index (χ3v) is 1.66. The van der Waals surface area contributed by atoms with Crippen LogP contribution in [0.3, 0.4) is 0 Å². The molecule has 4 nitrogen and oxygen atoms in total. The quantitative estimate of drug-likeness (QED) is 0.476. The molecule has 0 aromatic carbocycles. The lowest BCUT2D eigenvalue weighted by Gasteiger charge is -2.13. The Kier molecular flexibility index (Phi) is 2.11. The van der Waals surface area contributed by atoms with Crippen molar-refractivity contribution in [3.05, 3.63) is 0 Å². The van der Waals surface area contributed by atoms with Gasteiger partial charge in [0.05, 0.1) is 6.10 Å². The molecular weight excluding hydrogens is 132 g/mol. The number of likely N-dealkylation sites (tertiary alicyclic amines) is 1. The number of hydrogen-bond donors (Lipinski definition) is 2. The molecule has 0 radical (unpaired) electrons. The van der Waals surface area contributed by atoms with Gasteiger partial charge < -0.3 is 15.3 Å². The zero-order valence-corrected chi connectivity index (χ0v) is 6.00. The van der Waals surface area contributed by atoms with Gasteiger partial charge in [0.15, 0.2) is 0 Å². The van der Waals surface area contributed by atoms with Gasteiger partial charge in [0.2, 0.25) is 0 Å². The number of β-amino-alcohol motifs (C(OH)–C–C–N with tert-alkyl or cyclic N) is 1. The maximum atomic E-state index is 10.9. The first-order valence-corrected chi connectivity index (χ1v) is 3.38. The second kappa shape index (κ2) is 2.88. The minimum atomic E-state index is -0.322. The molecule has 0 spiro atoms. The molecule has 1 aliphatic heterocycles. The highest BCUT2D eigenvalue weighted by Crippen LogP contribution is 2.07. The lowest BCUT2D eigenvalue weighted by Crippen LogP contribution is -2.36. The van der Waals surface area contributed by atoms with Crippen LogP contribution in [0.15, 0.2) is 0 Å². The number of urea groups is 1. The van der Waals surface area contributed by atoms with E-state index in [0.29, 0.717) is 19.5 Å². The van der Waals surface area contributed by atoms with Crippen molar-refractivity contribution in [2.24, 2.45) is 0 Å². The summed E-state index contributed by atoms with van der Waals surface area (Å²) in [5, 5.41) is 11.5. The van der Waals surface area contributed by atoms with Crippen LogP contribution in [0.4, 0.5) is 4.79 Å². The van der Waals surface area contributed by atoms with Crippen LogP contribution in [0.5, 0.6) is 0 Å². The molecule has 1 heterocycles. The number of carbonyl (C=O) groups excluding carboxylic acids is 1. The average Bonchev–Trinajstić information content (AvgIpc) is 2.34. The molecule has 1 atom stereocenters. The molecule has 2 N–H and O–H groups in total. The minimum Gasteiger partial charge on any atom is -0.391 e. The molecule has 58 valence electrons. The molecule has 0 saturated carbocycles. The summed E-state index contributed by atoms with van der Waals surface area (Å²) in [4.78, 5) is 12.5. The van der Waals surface area contributed by atoms with Crippen LogP contribution >= 0.6 is 0 Å². The van der Waals surface area contributed by atoms with E-state index in [-0.39, 0.29) is 12.1 Å². The Bertz CT molecular complexity index is 138. The zero-order valence-electron chi connectivity index (χ0n) is 6.00. The van der Waals surface area contributed by atoms with Crippen molar-refractivity contribution in [2.75, 3.05) is 20.1 Å². The second-order valence-electron chi connectivity index (χ2n) is 2.44. The minimum absolute atomic E-state index is 0.100. The number of aliphatic hydroxyl groups excluding tert-OH is 1. The van der Waals surface area contributed by atoms with Gasteiger partial charge >= 0.3 is 6.03 Å². The predicted molar refractivity (Wildman–Crippen MR) is 36.7 cm³/mol. The van der Waals surface area contributed by atoms with Crippen molar-refractivity contribution in [3.8, 4) is 0 Å². The molecule has 4 heteroatoms. The number of nitrogens with one attached hydrogen (secondary N) is 1. The van der Waals surface area contributed by atoms with Crippen LogP contribution < -0.4 is 5.32 Å². The van der Waals surface area contributed by atoms with E-state index >= 15 is 0 Å². The van der Waals surface area contributed by atoms with Crippen molar-refractivity contribution in [1.29, 1.82) is 0 Å². The molecular formula is C6H12N2O2. The second-order valence-corrected chi connectivity index (χ2v) is 2.44. The van der Waals surface area contributed by atoms with Gasteiger partial charge in [0, 0.05) is 20.1 Å². The average molecular weight is 144 g/mol. The van der Waals surface area contributed by atoms with Crippen LogP contribution in [0.2, 0.25) is 0 Å². The van der Waals surface area contributed by atoms with Gasteiger partial charge in [-0.3, -0.25) is 0 Å². The lowest BCUT2D eigenvalue weighted by molar-refractivity contribution is 0.173. The summed E-state index contributed by atoms with van der Waals surface area (Å²) in [6, 6.07) is -0.100. The number of amides is 2. The van der Waals surface area contributed by atoms with Gasteiger partial charge in [-0.1, -0.05) is 0 Å². The van der Waals surface area contributed by atoms with E-state index in [0.717, 1.165) is 0 Å². The molecule has 1 fully saturated rings. The van der Waals surface area contributed by atoms with E-state index in [4.69, 9.17) is 5.11 Å². The molecule has 1 aliphatic rings. The maximum Gasteiger partial charge on any atom is 0.317 e. The van der Waals surface area contributed by atoms with Crippen molar-refractivity contribution in [3.63, 3.8) is 0 Å². The Morgan fingerprint density at radius 1 is 1.80 bits per heavy atom. The highest BCUT2D eigenvalue weighted by Gasteiger charge is 2.23. The van der Waals surface area contributed by atoms with E-state index < -0.39 is 0 Å². The molecule has 0 aliphatic carbocycles. The van der Waals surface area contributed by atoms with Gasteiger partial charge in [-0.25, -0.2) is 4.79 Å². The summed E-state index contributed by atoms with van der Waals surface area (Å²) in [6.45, 7) is 1.14.